The van der Waals surface area contributed by atoms with Crippen molar-refractivity contribution in [2.75, 3.05) is 13.1 Å². The molecule has 134 valence electrons. The molecule has 2 aliphatic rings. The third-order valence-corrected chi connectivity index (χ3v) is 6.45. The lowest BCUT2D eigenvalue weighted by Gasteiger charge is -2.23. The predicted molar refractivity (Wildman–Crippen MR) is 104 cm³/mol. The van der Waals surface area contributed by atoms with Crippen LogP contribution < -0.4 is 10.6 Å². The van der Waals surface area contributed by atoms with Gasteiger partial charge in [-0.15, -0.1) is 23.7 Å². The van der Waals surface area contributed by atoms with Crippen molar-refractivity contribution in [3.05, 3.63) is 40.7 Å². The molecular weight excluding hydrogens is 354 g/mol. The first-order chi connectivity index (χ1) is 11.7. The largest absolute Gasteiger partial charge is 0.347 e. The molecule has 4 rings (SSSR count). The number of aromatic nitrogens is 1. The van der Waals surface area contributed by atoms with E-state index in [1.807, 2.05) is 25.1 Å². The summed E-state index contributed by atoms with van der Waals surface area (Å²) in [5.74, 6) is 0.413. The summed E-state index contributed by atoms with van der Waals surface area (Å²) in [4.78, 5) is 17.3. The van der Waals surface area contributed by atoms with E-state index >= 15 is 0 Å². The molecule has 2 atom stereocenters. The monoisotopic (exact) mass is 377 g/mol. The zero-order chi connectivity index (χ0) is 16.6. The van der Waals surface area contributed by atoms with Gasteiger partial charge in [0.1, 0.15) is 5.01 Å². The third-order valence-electron chi connectivity index (χ3n) is 5.43. The van der Waals surface area contributed by atoms with Crippen LogP contribution in [0.2, 0.25) is 0 Å². The quantitative estimate of drug-likeness (QED) is 0.852. The molecule has 1 saturated heterocycles. The van der Waals surface area contributed by atoms with Gasteiger partial charge < -0.3 is 10.6 Å². The lowest BCUT2D eigenvalue weighted by atomic mass is 9.91. The molecule has 2 heterocycles. The summed E-state index contributed by atoms with van der Waals surface area (Å²) < 4.78 is 0. The molecule has 1 aliphatic heterocycles. The van der Waals surface area contributed by atoms with E-state index < -0.39 is 0 Å². The van der Waals surface area contributed by atoms with E-state index in [1.165, 1.54) is 0 Å². The third kappa shape index (κ3) is 3.73. The molecule has 1 aromatic carbocycles. The van der Waals surface area contributed by atoms with Crippen molar-refractivity contribution in [2.24, 2.45) is 11.3 Å². The molecule has 1 saturated carbocycles. The van der Waals surface area contributed by atoms with E-state index in [0.29, 0.717) is 0 Å². The van der Waals surface area contributed by atoms with Gasteiger partial charge in [-0.1, -0.05) is 30.3 Å². The fourth-order valence-corrected chi connectivity index (χ4v) is 4.63. The molecule has 6 heteroatoms. The van der Waals surface area contributed by atoms with Crippen LogP contribution in [0.15, 0.2) is 35.7 Å². The van der Waals surface area contributed by atoms with Gasteiger partial charge in [-0.3, -0.25) is 4.79 Å². The van der Waals surface area contributed by atoms with E-state index in [-0.39, 0.29) is 35.7 Å². The van der Waals surface area contributed by atoms with Crippen LogP contribution in [0.1, 0.15) is 37.2 Å². The van der Waals surface area contributed by atoms with Crippen LogP contribution in [0.4, 0.5) is 0 Å². The van der Waals surface area contributed by atoms with E-state index in [4.69, 9.17) is 4.98 Å². The number of thiazole rings is 1. The maximum atomic E-state index is 12.6. The first-order valence-corrected chi connectivity index (χ1v) is 9.58. The Morgan fingerprint density at radius 2 is 2.04 bits per heavy atom. The molecule has 2 aromatic rings. The van der Waals surface area contributed by atoms with E-state index in [0.717, 1.165) is 48.6 Å². The number of benzene rings is 1. The molecule has 25 heavy (non-hydrogen) atoms. The highest BCUT2D eigenvalue weighted by molar-refractivity contribution is 7.10. The number of piperidine rings is 1. The van der Waals surface area contributed by atoms with Crippen LogP contribution in [0.5, 0.6) is 0 Å². The summed E-state index contributed by atoms with van der Waals surface area (Å²) in [5.41, 5.74) is 2.39. The Kier molecular flexibility index (Phi) is 5.46. The minimum atomic E-state index is -0.0284. The number of hydrogen-bond acceptors (Lipinski definition) is 4. The summed E-state index contributed by atoms with van der Waals surface area (Å²) in [6.07, 6.45) is 3.32. The Morgan fingerprint density at radius 3 is 2.76 bits per heavy atom. The Labute approximate surface area is 158 Å². The smallest absolute Gasteiger partial charge is 0.224 e. The molecule has 1 aliphatic carbocycles. The standard InChI is InChI=1S/C19H23N3OS.ClH/c1-13(18-22-16(12-24-18)14-5-3-2-4-6-14)21-17(23)15-11-19(15)7-9-20-10-8-19;/h2-6,12-13,15,20H,7-11H2,1H3,(H,21,23);1H. The number of carbonyl (C=O) groups excluding carboxylic acids is 1. The maximum Gasteiger partial charge on any atom is 0.224 e. The van der Waals surface area contributed by atoms with Crippen LogP contribution in [0.25, 0.3) is 11.3 Å². The highest BCUT2D eigenvalue weighted by Crippen LogP contribution is 2.58. The van der Waals surface area contributed by atoms with Crippen LogP contribution in [0, 0.1) is 11.3 Å². The van der Waals surface area contributed by atoms with Crippen molar-refractivity contribution in [2.45, 2.75) is 32.2 Å². The van der Waals surface area contributed by atoms with E-state index in [9.17, 15) is 4.79 Å². The lowest BCUT2D eigenvalue weighted by molar-refractivity contribution is -0.123. The molecule has 4 nitrogen and oxygen atoms in total. The Morgan fingerprint density at radius 1 is 1.32 bits per heavy atom. The van der Waals surface area contributed by atoms with Gasteiger partial charge in [0.15, 0.2) is 0 Å². The molecule has 1 aromatic heterocycles. The number of halogens is 1. The molecule has 2 unspecified atom stereocenters. The van der Waals surface area contributed by atoms with Crippen LogP contribution in [0.3, 0.4) is 0 Å². The SMILES string of the molecule is CC(NC(=O)C1CC12CCNCC2)c1nc(-c2ccccc2)cs1.Cl. The highest BCUT2D eigenvalue weighted by atomic mass is 35.5. The Balaban J connectivity index is 0.00000182. The summed E-state index contributed by atoms with van der Waals surface area (Å²) in [5, 5.41) is 9.61. The van der Waals surface area contributed by atoms with Gasteiger partial charge in [0.2, 0.25) is 5.91 Å². The number of rotatable bonds is 4. The van der Waals surface area contributed by atoms with Crippen LogP contribution >= 0.6 is 23.7 Å². The van der Waals surface area contributed by atoms with Crippen LogP contribution in [-0.4, -0.2) is 24.0 Å². The zero-order valence-electron chi connectivity index (χ0n) is 14.3. The average Bonchev–Trinajstić information content (AvgIpc) is 3.08. The highest BCUT2D eigenvalue weighted by Gasteiger charge is 2.57. The molecule has 1 spiro atoms. The van der Waals surface area contributed by atoms with Crippen molar-refractivity contribution in [3.63, 3.8) is 0 Å². The second kappa shape index (κ2) is 7.44. The Bertz CT molecular complexity index is 727. The molecular formula is C19H24ClN3OS. The number of nitrogens with one attached hydrogen (secondary N) is 2. The van der Waals surface area contributed by atoms with Crippen molar-refractivity contribution >= 4 is 29.7 Å². The average molecular weight is 378 g/mol. The van der Waals surface area contributed by atoms with E-state index in [1.54, 1.807) is 11.3 Å². The van der Waals surface area contributed by atoms with Crippen molar-refractivity contribution in [3.8, 4) is 11.3 Å². The fourth-order valence-electron chi connectivity index (χ4n) is 3.80. The summed E-state index contributed by atoms with van der Waals surface area (Å²) in [6, 6.07) is 10.1. The topological polar surface area (TPSA) is 54.0 Å². The molecule has 2 N–H and O–H groups in total. The van der Waals surface area contributed by atoms with Gasteiger partial charge in [-0.25, -0.2) is 4.98 Å². The van der Waals surface area contributed by atoms with Crippen LogP contribution in [-0.2, 0) is 4.79 Å². The van der Waals surface area contributed by atoms with Gasteiger partial charge >= 0.3 is 0 Å². The lowest BCUT2D eigenvalue weighted by Crippen LogP contribution is -2.34. The Hall–Kier alpha value is -1.43. The maximum absolute atomic E-state index is 12.6. The number of nitrogens with zero attached hydrogens (tertiary/aromatic N) is 1. The van der Waals surface area contributed by atoms with Crippen molar-refractivity contribution < 1.29 is 4.79 Å². The first-order valence-electron chi connectivity index (χ1n) is 8.70. The summed E-state index contributed by atoms with van der Waals surface area (Å²) in [6.45, 7) is 4.13. The molecule has 0 bridgehead atoms. The van der Waals surface area contributed by atoms with E-state index in [2.05, 4.69) is 28.1 Å². The van der Waals surface area contributed by atoms with Gasteiger partial charge in [0.25, 0.3) is 0 Å². The van der Waals surface area contributed by atoms with Crippen molar-refractivity contribution in [1.29, 1.82) is 0 Å². The molecule has 2 fully saturated rings. The summed E-state index contributed by atoms with van der Waals surface area (Å²) >= 11 is 1.62. The number of amides is 1. The van der Waals surface area contributed by atoms with Gasteiger partial charge in [0, 0.05) is 16.9 Å². The molecule has 0 radical (unpaired) electrons. The minimum Gasteiger partial charge on any atom is -0.347 e. The normalized spacial score (nSPS) is 22.0. The van der Waals surface area contributed by atoms with Gasteiger partial charge in [-0.2, -0.15) is 0 Å². The van der Waals surface area contributed by atoms with Crippen molar-refractivity contribution in [1.82, 2.24) is 15.6 Å². The first kappa shape index (κ1) is 18.4. The fraction of sp³-hybridized carbons (Fsp3) is 0.474. The summed E-state index contributed by atoms with van der Waals surface area (Å²) in [7, 11) is 0. The van der Waals surface area contributed by atoms with Gasteiger partial charge in [0.05, 0.1) is 11.7 Å². The minimum absolute atomic E-state index is 0. The second-order valence-electron chi connectivity index (χ2n) is 7.04. The molecule has 1 amide bonds. The number of hydrogen-bond donors (Lipinski definition) is 2. The predicted octanol–water partition coefficient (Wildman–Crippen LogP) is 3.80. The van der Waals surface area contributed by atoms with Gasteiger partial charge in [-0.05, 0) is 44.7 Å². The number of carbonyl (C=O) groups is 1. The second-order valence-corrected chi connectivity index (χ2v) is 7.93. The zero-order valence-corrected chi connectivity index (χ0v) is 16.0.